The average Bonchev–Trinajstić information content (AvgIpc) is 2.50. The molecule has 20 heavy (non-hydrogen) atoms. The summed E-state index contributed by atoms with van der Waals surface area (Å²) in [5.74, 6) is 0.927. The number of benzene rings is 1. The van der Waals surface area contributed by atoms with Crippen LogP contribution < -0.4 is 4.74 Å². The van der Waals surface area contributed by atoms with Gasteiger partial charge in [-0.05, 0) is 31.2 Å². The van der Waals surface area contributed by atoms with Gasteiger partial charge in [0.1, 0.15) is 12.1 Å². The molecular weight excluding hydrogens is 250 g/mol. The minimum atomic E-state index is 0.703. The van der Waals surface area contributed by atoms with Crippen molar-refractivity contribution in [3.63, 3.8) is 0 Å². The smallest absolute Gasteiger partial charge is 0.119 e. The first-order valence-electron chi connectivity index (χ1n) is 6.99. The van der Waals surface area contributed by atoms with Crippen molar-refractivity contribution in [1.29, 1.82) is 0 Å². The van der Waals surface area contributed by atoms with E-state index < -0.39 is 0 Å². The standard InChI is InChI=1S/C16H21N3O/c1-3-19(12-15-9-17-13-18-10-15)11-14-5-7-16(8-6-14)20-4-2/h5-10,13H,3-4,11-12H2,1-2H3. The Bertz CT molecular complexity index is 499. The molecule has 0 aliphatic carbocycles. The van der Waals surface area contributed by atoms with Crippen molar-refractivity contribution in [2.24, 2.45) is 0 Å². The van der Waals surface area contributed by atoms with E-state index in [2.05, 4.69) is 33.9 Å². The van der Waals surface area contributed by atoms with E-state index in [-0.39, 0.29) is 0 Å². The van der Waals surface area contributed by atoms with E-state index in [1.807, 2.05) is 31.5 Å². The highest BCUT2D eigenvalue weighted by Crippen LogP contribution is 2.14. The molecule has 1 heterocycles. The summed E-state index contributed by atoms with van der Waals surface area (Å²) in [6, 6.07) is 8.29. The summed E-state index contributed by atoms with van der Waals surface area (Å²) >= 11 is 0. The number of nitrogens with zero attached hydrogens (tertiary/aromatic N) is 3. The summed E-state index contributed by atoms with van der Waals surface area (Å²) in [4.78, 5) is 10.5. The Morgan fingerprint density at radius 2 is 1.60 bits per heavy atom. The molecule has 106 valence electrons. The lowest BCUT2D eigenvalue weighted by Gasteiger charge is -2.20. The quantitative estimate of drug-likeness (QED) is 0.776. The molecule has 1 aromatic heterocycles. The molecule has 0 saturated carbocycles. The number of ether oxygens (including phenoxy) is 1. The van der Waals surface area contributed by atoms with Crippen LogP contribution in [0.1, 0.15) is 25.0 Å². The van der Waals surface area contributed by atoms with Gasteiger partial charge in [0.05, 0.1) is 6.61 Å². The van der Waals surface area contributed by atoms with Gasteiger partial charge in [0, 0.05) is 31.0 Å². The maximum atomic E-state index is 5.46. The third-order valence-corrected chi connectivity index (χ3v) is 3.11. The topological polar surface area (TPSA) is 38.2 Å². The number of hydrogen-bond donors (Lipinski definition) is 0. The van der Waals surface area contributed by atoms with Gasteiger partial charge >= 0.3 is 0 Å². The SMILES string of the molecule is CCOc1ccc(CN(CC)Cc2cncnc2)cc1. The van der Waals surface area contributed by atoms with Crippen LogP contribution in [0.5, 0.6) is 5.75 Å². The van der Waals surface area contributed by atoms with Crippen LogP contribution in [0.25, 0.3) is 0 Å². The van der Waals surface area contributed by atoms with E-state index >= 15 is 0 Å². The summed E-state index contributed by atoms with van der Waals surface area (Å²) in [5, 5.41) is 0. The van der Waals surface area contributed by atoms with Crippen LogP contribution in [-0.2, 0) is 13.1 Å². The monoisotopic (exact) mass is 271 g/mol. The van der Waals surface area contributed by atoms with E-state index in [4.69, 9.17) is 4.74 Å². The van der Waals surface area contributed by atoms with E-state index in [9.17, 15) is 0 Å². The fourth-order valence-electron chi connectivity index (χ4n) is 2.07. The fraction of sp³-hybridized carbons (Fsp3) is 0.375. The highest BCUT2D eigenvalue weighted by Gasteiger charge is 2.05. The predicted octanol–water partition coefficient (Wildman–Crippen LogP) is 2.90. The summed E-state index contributed by atoms with van der Waals surface area (Å²) in [7, 11) is 0. The summed E-state index contributed by atoms with van der Waals surface area (Å²) in [6.45, 7) is 7.63. The molecule has 4 nitrogen and oxygen atoms in total. The molecule has 0 aliphatic heterocycles. The van der Waals surface area contributed by atoms with Crippen molar-refractivity contribution < 1.29 is 4.74 Å². The van der Waals surface area contributed by atoms with Crippen LogP contribution in [0, 0.1) is 0 Å². The molecule has 2 aromatic rings. The second-order valence-corrected chi connectivity index (χ2v) is 4.63. The summed E-state index contributed by atoms with van der Waals surface area (Å²) in [6.07, 6.45) is 5.30. The van der Waals surface area contributed by atoms with Crippen molar-refractivity contribution in [1.82, 2.24) is 14.9 Å². The lowest BCUT2D eigenvalue weighted by Crippen LogP contribution is -2.22. The molecule has 0 atom stereocenters. The van der Waals surface area contributed by atoms with Crippen LogP contribution in [0.3, 0.4) is 0 Å². The highest BCUT2D eigenvalue weighted by molar-refractivity contribution is 5.27. The second kappa shape index (κ2) is 7.60. The lowest BCUT2D eigenvalue weighted by molar-refractivity contribution is 0.270. The van der Waals surface area contributed by atoms with Crippen LogP contribution >= 0.6 is 0 Å². The largest absolute Gasteiger partial charge is 0.494 e. The first-order chi connectivity index (χ1) is 9.81. The molecule has 0 amide bonds. The zero-order chi connectivity index (χ0) is 14.2. The minimum absolute atomic E-state index is 0.703. The molecule has 0 aliphatic rings. The van der Waals surface area contributed by atoms with Crippen LogP contribution in [0.4, 0.5) is 0 Å². The van der Waals surface area contributed by atoms with Gasteiger partial charge in [-0.3, -0.25) is 4.90 Å². The van der Waals surface area contributed by atoms with Crippen molar-refractivity contribution in [3.8, 4) is 5.75 Å². The van der Waals surface area contributed by atoms with Gasteiger partial charge in [-0.15, -0.1) is 0 Å². The molecule has 0 bridgehead atoms. The van der Waals surface area contributed by atoms with E-state index in [1.54, 1.807) is 6.33 Å². The molecule has 0 unspecified atom stereocenters. The van der Waals surface area contributed by atoms with Crippen molar-refractivity contribution in [3.05, 3.63) is 54.1 Å². The van der Waals surface area contributed by atoms with Gasteiger partial charge < -0.3 is 4.74 Å². The maximum absolute atomic E-state index is 5.46. The zero-order valence-corrected chi connectivity index (χ0v) is 12.1. The van der Waals surface area contributed by atoms with Crippen LogP contribution in [0.2, 0.25) is 0 Å². The van der Waals surface area contributed by atoms with Gasteiger partial charge in [-0.1, -0.05) is 19.1 Å². The molecular formula is C16H21N3O. The number of aromatic nitrogens is 2. The predicted molar refractivity (Wildman–Crippen MR) is 79.4 cm³/mol. The molecule has 2 rings (SSSR count). The van der Waals surface area contributed by atoms with E-state index in [0.717, 1.165) is 30.9 Å². The molecule has 4 heteroatoms. The third kappa shape index (κ3) is 4.31. The summed E-state index contributed by atoms with van der Waals surface area (Å²) < 4.78 is 5.46. The van der Waals surface area contributed by atoms with Crippen LogP contribution in [0.15, 0.2) is 43.0 Å². The fourth-order valence-corrected chi connectivity index (χ4v) is 2.07. The molecule has 0 N–H and O–H groups in total. The molecule has 0 fully saturated rings. The Balaban J connectivity index is 1.95. The molecule has 0 radical (unpaired) electrons. The Morgan fingerprint density at radius 1 is 0.950 bits per heavy atom. The maximum Gasteiger partial charge on any atom is 0.119 e. The van der Waals surface area contributed by atoms with Crippen molar-refractivity contribution >= 4 is 0 Å². The van der Waals surface area contributed by atoms with Gasteiger partial charge in [0.25, 0.3) is 0 Å². The number of hydrogen-bond acceptors (Lipinski definition) is 4. The molecule has 0 saturated heterocycles. The Hall–Kier alpha value is -1.94. The van der Waals surface area contributed by atoms with Crippen molar-refractivity contribution in [2.45, 2.75) is 26.9 Å². The van der Waals surface area contributed by atoms with E-state index in [1.165, 1.54) is 5.56 Å². The van der Waals surface area contributed by atoms with Gasteiger partial charge in [-0.25, -0.2) is 9.97 Å². The normalized spacial score (nSPS) is 10.8. The number of rotatable bonds is 7. The van der Waals surface area contributed by atoms with Crippen molar-refractivity contribution in [2.75, 3.05) is 13.2 Å². The van der Waals surface area contributed by atoms with Crippen LogP contribution in [-0.4, -0.2) is 28.0 Å². The first-order valence-corrected chi connectivity index (χ1v) is 6.99. The minimum Gasteiger partial charge on any atom is -0.494 e. The first kappa shape index (κ1) is 14.5. The highest BCUT2D eigenvalue weighted by atomic mass is 16.5. The zero-order valence-electron chi connectivity index (χ0n) is 12.1. The third-order valence-electron chi connectivity index (χ3n) is 3.11. The van der Waals surface area contributed by atoms with E-state index in [0.29, 0.717) is 6.61 Å². The lowest BCUT2D eigenvalue weighted by atomic mass is 10.2. The van der Waals surface area contributed by atoms with Gasteiger partial charge in [0.2, 0.25) is 0 Å². The molecule has 0 spiro atoms. The second-order valence-electron chi connectivity index (χ2n) is 4.63. The van der Waals surface area contributed by atoms with Gasteiger partial charge in [-0.2, -0.15) is 0 Å². The average molecular weight is 271 g/mol. The Morgan fingerprint density at radius 3 is 2.20 bits per heavy atom. The Labute approximate surface area is 120 Å². The molecule has 1 aromatic carbocycles. The Kier molecular flexibility index (Phi) is 5.50. The summed E-state index contributed by atoms with van der Waals surface area (Å²) in [5.41, 5.74) is 2.42. The van der Waals surface area contributed by atoms with Gasteiger partial charge in [0.15, 0.2) is 0 Å².